The molecule has 2 aromatic rings. The Morgan fingerprint density at radius 1 is 0.958 bits per heavy atom. The minimum Gasteiger partial charge on any atom is -0.278 e. The van der Waals surface area contributed by atoms with E-state index in [0.29, 0.717) is 6.07 Å². The van der Waals surface area contributed by atoms with Crippen molar-refractivity contribution in [2.24, 2.45) is 0 Å². The average Bonchev–Trinajstić information content (AvgIpc) is 2.49. The van der Waals surface area contributed by atoms with Crippen LogP contribution in [0.4, 0.5) is 17.1 Å². The van der Waals surface area contributed by atoms with Crippen LogP contribution in [0.3, 0.4) is 0 Å². The Balaban J connectivity index is 2.52. The molecule has 0 aliphatic carbocycles. The summed E-state index contributed by atoms with van der Waals surface area (Å²) in [4.78, 5) is 19.1. The molecule has 12 heteroatoms. The lowest BCUT2D eigenvalue weighted by Gasteiger charge is -2.10. The minimum absolute atomic E-state index is 0.0179. The van der Waals surface area contributed by atoms with E-state index in [1.54, 1.807) is 0 Å². The van der Waals surface area contributed by atoms with Gasteiger partial charge in [0.15, 0.2) is 4.90 Å². The summed E-state index contributed by atoms with van der Waals surface area (Å²) in [6.45, 7) is 0. The maximum atomic E-state index is 12.4. The van der Waals surface area contributed by atoms with Gasteiger partial charge in [-0.25, -0.2) is 8.42 Å². The average molecular weight is 392 g/mol. The third kappa shape index (κ3) is 3.72. The van der Waals surface area contributed by atoms with Gasteiger partial charge in [-0.15, -0.1) is 0 Å². The van der Waals surface area contributed by atoms with Gasteiger partial charge in [0.1, 0.15) is 0 Å². The van der Waals surface area contributed by atoms with Crippen molar-refractivity contribution in [2.45, 2.75) is 4.90 Å². The summed E-state index contributed by atoms with van der Waals surface area (Å²) in [5, 5.41) is 22.0. The second-order valence-corrected chi connectivity index (χ2v) is 6.89. The van der Waals surface area contributed by atoms with Crippen molar-refractivity contribution >= 4 is 50.3 Å². The molecule has 1 N–H and O–H groups in total. The Kier molecular flexibility index (Phi) is 4.92. The highest BCUT2D eigenvalue weighted by atomic mass is 35.5. The fourth-order valence-corrected chi connectivity index (χ4v) is 3.51. The van der Waals surface area contributed by atoms with E-state index in [0.717, 1.165) is 12.1 Å². The molecule has 2 rings (SSSR count). The Morgan fingerprint density at radius 2 is 1.62 bits per heavy atom. The van der Waals surface area contributed by atoms with E-state index >= 15 is 0 Å². The fourth-order valence-electron chi connectivity index (χ4n) is 1.76. The largest absolute Gasteiger partial charge is 0.296 e. The lowest BCUT2D eigenvalue weighted by atomic mass is 10.3. The number of nitrogens with zero attached hydrogens (tertiary/aromatic N) is 2. The van der Waals surface area contributed by atoms with E-state index in [1.165, 1.54) is 18.2 Å². The molecule has 0 amide bonds. The number of rotatable bonds is 5. The Morgan fingerprint density at radius 3 is 2.17 bits per heavy atom. The smallest absolute Gasteiger partial charge is 0.278 e. The van der Waals surface area contributed by atoms with Gasteiger partial charge >= 0.3 is 0 Å². The molecule has 0 aromatic heterocycles. The van der Waals surface area contributed by atoms with Gasteiger partial charge in [-0.2, -0.15) is 0 Å². The van der Waals surface area contributed by atoms with Gasteiger partial charge in [-0.3, -0.25) is 25.0 Å². The molecule has 24 heavy (non-hydrogen) atoms. The number of hydrogen-bond donors (Lipinski definition) is 1. The van der Waals surface area contributed by atoms with Crippen LogP contribution in [0.1, 0.15) is 0 Å². The van der Waals surface area contributed by atoms with Crippen molar-refractivity contribution in [1.82, 2.24) is 0 Å². The topological polar surface area (TPSA) is 132 Å². The lowest BCUT2D eigenvalue weighted by Crippen LogP contribution is -2.15. The van der Waals surface area contributed by atoms with E-state index in [4.69, 9.17) is 23.2 Å². The molecule has 126 valence electrons. The summed E-state index contributed by atoms with van der Waals surface area (Å²) in [5.74, 6) is 0. The minimum atomic E-state index is -4.41. The van der Waals surface area contributed by atoms with Crippen LogP contribution in [-0.2, 0) is 10.0 Å². The SMILES string of the molecule is O=[N+]([O-])c1ccc(S(=O)(=O)Nc2ccc(Cl)cc2Cl)c([N+](=O)[O-])c1. The van der Waals surface area contributed by atoms with Gasteiger partial charge in [0, 0.05) is 11.1 Å². The number of sulfonamides is 1. The number of hydrogen-bond acceptors (Lipinski definition) is 6. The van der Waals surface area contributed by atoms with Crippen LogP contribution in [0.2, 0.25) is 10.0 Å². The molecule has 0 radical (unpaired) electrons. The molecule has 2 aromatic carbocycles. The first-order valence-corrected chi connectivity index (χ1v) is 8.26. The number of anilines is 1. The number of non-ortho nitro benzene ring substituents is 1. The summed E-state index contributed by atoms with van der Waals surface area (Å²) in [6, 6.07) is 6.13. The number of nitro groups is 2. The predicted molar refractivity (Wildman–Crippen MR) is 87.0 cm³/mol. The van der Waals surface area contributed by atoms with Gasteiger partial charge in [0.25, 0.3) is 21.4 Å². The second kappa shape index (κ2) is 6.59. The van der Waals surface area contributed by atoms with Crippen molar-refractivity contribution in [3.8, 4) is 0 Å². The maximum Gasteiger partial charge on any atom is 0.296 e. The maximum absolute atomic E-state index is 12.4. The van der Waals surface area contributed by atoms with Crippen LogP contribution < -0.4 is 4.72 Å². The highest BCUT2D eigenvalue weighted by Crippen LogP contribution is 2.32. The Hall–Kier alpha value is -2.43. The summed E-state index contributed by atoms with van der Waals surface area (Å²) in [5.41, 5.74) is -1.58. The standard InChI is InChI=1S/C12H7Cl2N3O6S/c13-7-1-3-10(9(14)5-7)15-24(22,23)12-4-2-8(16(18)19)6-11(12)17(20)21/h1-6,15H. The van der Waals surface area contributed by atoms with Gasteiger partial charge in [-0.1, -0.05) is 23.2 Å². The van der Waals surface area contributed by atoms with Gasteiger partial charge in [0.2, 0.25) is 0 Å². The molecule has 0 aliphatic heterocycles. The third-order valence-corrected chi connectivity index (χ3v) is 4.78. The molecule has 0 unspecified atom stereocenters. The van der Waals surface area contributed by atoms with E-state index in [9.17, 15) is 28.6 Å². The zero-order valence-electron chi connectivity index (χ0n) is 11.5. The van der Waals surface area contributed by atoms with E-state index in [1.807, 2.05) is 0 Å². The first-order valence-electron chi connectivity index (χ1n) is 6.02. The number of halogens is 2. The lowest BCUT2D eigenvalue weighted by molar-refractivity contribution is -0.396. The van der Waals surface area contributed by atoms with Crippen LogP contribution in [0, 0.1) is 20.2 Å². The number of nitro benzene ring substituents is 2. The van der Waals surface area contributed by atoms with Gasteiger partial charge in [0.05, 0.1) is 26.6 Å². The molecule has 0 saturated heterocycles. The molecule has 0 spiro atoms. The third-order valence-electron chi connectivity index (χ3n) is 2.82. The van der Waals surface area contributed by atoms with Crippen molar-refractivity contribution in [2.75, 3.05) is 4.72 Å². The zero-order valence-corrected chi connectivity index (χ0v) is 13.8. The molecule has 0 aliphatic rings. The highest BCUT2D eigenvalue weighted by molar-refractivity contribution is 7.92. The Labute approximate surface area is 145 Å². The summed E-state index contributed by atoms with van der Waals surface area (Å²) in [7, 11) is -4.41. The molecule has 0 fully saturated rings. The van der Waals surface area contributed by atoms with Gasteiger partial charge in [-0.05, 0) is 24.3 Å². The second-order valence-electron chi connectivity index (χ2n) is 4.40. The van der Waals surface area contributed by atoms with Crippen LogP contribution >= 0.6 is 23.2 Å². The van der Waals surface area contributed by atoms with Crippen molar-refractivity contribution in [3.05, 3.63) is 66.7 Å². The summed E-state index contributed by atoms with van der Waals surface area (Å²) in [6.07, 6.45) is 0. The molecular weight excluding hydrogens is 385 g/mol. The number of nitrogens with one attached hydrogen (secondary N) is 1. The monoisotopic (exact) mass is 391 g/mol. The summed E-state index contributed by atoms with van der Waals surface area (Å²) >= 11 is 11.6. The summed E-state index contributed by atoms with van der Waals surface area (Å²) < 4.78 is 26.8. The normalized spacial score (nSPS) is 11.1. The quantitative estimate of drug-likeness (QED) is 0.611. The highest BCUT2D eigenvalue weighted by Gasteiger charge is 2.29. The molecule has 0 heterocycles. The van der Waals surface area contributed by atoms with Gasteiger partial charge < -0.3 is 0 Å². The first-order chi connectivity index (χ1) is 11.1. The van der Waals surface area contributed by atoms with E-state index in [2.05, 4.69) is 4.72 Å². The molecule has 9 nitrogen and oxygen atoms in total. The molecule has 0 saturated carbocycles. The zero-order chi connectivity index (χ0) is 18.1. The van der Waals surface area contributed by atoms with Crippen molar-refractivity contribution < 1.29 is 18.3 Å². The van der Waals surface area contributed by atoms with Crippen molar-refractivity contribution in [3.63, 3.8) is 0 Å². The predicted octanol–water partition coefficient (Wildman–Crippen LogP) is 3.61. The van der Waals surface area contributed by atoms with Crippen LogP contribution in [0.5, 0.6) is 0 Å². The van der Waals surface area contributed by atoms with E-state index in [-0.39, 0.29) is 15.7 Å². The van der Waals surface area contributed by atoms with E-state index < -0.39 is 36.1 Å². The van der Waals surface area contributed by atoms with Crippen molar-refractivity contribution in [1.29, 1.82) is 0 Å². The number of benzene rings is 2. The fraction of sp³-hybridized carbons (Fsp3) is 0. The van der Waals surface area contributed by atoms with Crippen LogP contribution in [0.15, 0.2) is 41.3 Å². The molecule has 0 atom stereocenters. The van der Waals surface area contributed by atoms with Crippen LogP contribution in [-0.4, -0.2) is 18.3 Å². The van der Waals surface area contributed by atoms with Crippen LogP contribution in [0.25, 0.3) is 0 Å². The first kappa shape index (κ1) is 17.9. The molecule has 0 bridgehead atoms. The Bertz CT molecular complexity index is 948. The molecular formula is C12H7Cl2N3O6S.